The molecule has 0 aliphatic carbocycles. The number of aliphatic hydroxyl groups excluding tert-OH is 1. The number of aliphatic hydroxyl groups is 1. The summed E-state index contributed by atoms with van der Waals surface area (Å²) in [4.78, 5) is 12.4. The first-order chi connectivity index (χ1) is 7.04. The summed E-state index contributed by atoms with van der Waals surface area (Å²) in [5.41, 5.74) is 0. The molecule has 1 heterocycles. The molecule has 1 rings (SSSR count). The van der Waals surface area contributed by atoms with Gasteiger partial charge in [0.1, 0.15) is 5.76 Å². The largest absolute Gasteiger partial charge is 0.475 e. The molecule has 15 heavy (non-hydrogen) atoms. The van der Waals surface area contributed by atoms with Gasteiger partial charge in [-0.15, -0.1) is 0 Å². The van der Waals surface area contributed by atoms with Gasteiger partial charge in [-0.2, -0.15) is 0 Å². The summed E-state index contributed by atoms with van der Waals surface area (Å²) in [6, 6.07) is 3.07. The van der Waals surface area contributed by atoms with Crippen molar-refractivity contribution in [1.82, 2.24) is 4.90 Å². The number of likely N-dealkylation sites (N-methyl/N-ethyl adjacent to an activating group) is 1. The van der Waals surface area contributed by atoms with Gasteiger partial charge in [0.25, 0.3) is 0 Å². The summed E-state index contributed by atoms with van der Waals surface area (Å²) in [5, 5.41) is 17.6. The van der Waals surface area contributed by atoms with Crippen molar-refractivity contribution >= 4 is 5.97 Å². The summed E-state index contributed by atoms with van der Waals surface area (Å²) in [6.07, 6.45) is 0. The number of aromatic carboxylic acids is 1. The number of carbonyl (C=O) groups is 1. The zero-order valence-electron chi connectivity index (χ0n) is 8.80. The highest BCUT2D eigenvalue weighted by Gasteiger charge is 2.13. The van der Waals surface area contributed by atoms with E-state index < -0.39 is 5.97 Å². The Morgan fingerprint density at radius 3 is 2.73 bits per heavy atom. The third kappa shape index (κ3) is 3.07. The monoisotopic (exact) mass is 213 g/mol. The van der Waals surface area contributed by atoms with Crippen molar-refractivity contribution in [1.29, 1.82) is 0 Å². The number of nitrogens with zero attached hydrogens (tertiary/aromatic N) is 1. The molecule has 0 amide bonds. The lowest BCUT2D eigenvalue weighted by molar-refractivity contribution is 0.0657. The number of carboxylic acid groups (broad SMARTS) is 1. The molecule has 0 fully saturated rings. The predicted molar refractivity (Wildman–Crippen MR) is 53.7 cm³/mol. The lowest BCUT2D eigenvalue weighted by atomic mass is 10.3. The minimum atomic E-state index is -1.07. The Morgan fingerprint density at radius 2 is 2.27 bits per heavy atom. The molecule has 5 heteroatoms. The first-order valence-corrected chi connectivity index (χ1v) is 4.67. The van der Waals surface area contributed by atoms with Crippen LogP contribution in [-0.2, 0) is 6.54 Å². The average Bonchev–Trinajstić information content (AvgIpc) is 2.65. The van der Waals surface area contributed by atoms with Crippen molar-refractivity contribution < 1.29 is 19.4 Å². The molecule has 5 nitrogen and oxygen atoms in total. The van der Waals surface area contributed by atoms with E-state index in [1.165, 1.54) is 6.07 Å². The summed E-state index contributed by atoms with van der Waals surface area (Å²) in [7, 11) is 1.84. The van der Waals surface area contributed by atoms with Gasteiger partial charge in [-0.05, 0) is 26.1 Å². The Bertz CT molecular complexity index is 334. The quantitative estimate of drug-likeness (QED) is 0.756. The second kappa shape index (κ2) is 4.95. The fraction of sp³-hybridized carbons (Fsp3) is 0.500. The van der Waals surface area contributed by atoms with E-state index in [2.05, 4.69) is 0 Å². The van der Waals surface area contributed by atoms with Crippen molar-refractivity contribution in [2.45, 2.75) is 19.5 Å². The van der Waals surface area contributed by atoms with Crippen molar-refractivity contribution in [2.24, 2.45) is 0 Å². The molecule has 0 radical (unpaired) electrons. The van der Waals surface area contributed by atoms with Crippen LogP contribution in [0.4, 0.5) is 0 Å². The maximum absolute atomic E-state index is 10.5. The molecule has 1 unspecified atom stereocenters. The molecule has 2 N–H and O–H groups in total. The van der Waals surface area contributed by atoms with Crippen molar-refractivity contribution in [3.63, 3.8) is 0 Å². The predicted octanol–water partition coefficient (Wildman–Crippen LogP) is 0.790. The molecule has 0 spiro atoms. The Kier molecular flexibility index (Phi) is 3.88. The van der Waals surface area contributed by atoms with Gasteiger partial charge in [0.05, 0.1) is 13.2 Å². The topological polar surface area (TPSA) is 73.9 Å². The third-order valence-corrected chi connectivity index (χ3v) is 2.29. The van der Waals surface area contributed by atoms with E-state index in [9.17, 15) is 4.79 Å². The van der Waals surface area contributed by atoms with Crippen LogP contribution in [0.1, 0.15) is 23.2 Å². The minimum absolute atomic E-state index is 0.0170. The van der Waals surface area contributed by atoms with Crippen molar-refractivity contribution in [3.8, 4) is 0 Å². The average molecular weight is 213 g/mol. The van der Waals surface area contributed by atoms with E-state index in [1.807, 2.05) is 18.9 Å². The molecule has 0 aliphatic heterocycles. The summed E-state index contributed by atoms with van der Waals surface area (Å²) < 4.78 is 5.09. The number of furan rings is 1. The van der Waals surface area contributed by atoms with E-state index in [-0.39, 0.29) is 18.4 Å². The second-order valence-corrected chi connectivity index (χ2v) is 3.52. The molecule has 0 aliphatic rings. The highest BCUT2D eigenvalue weighted by molar-refractivity contribution is 5.84. The summed E-state index contributed by atoms with van der Waals surface area (Å²) in [5.74, 6) is -0.552. The molecule has 0 saturated heterocycles. The molecule has 0 saturated carbocycles. The van der Waals surface area contributed by atoms with Crippen molar-refractivity contribution in [2.75, 3.05) is 13.7 Å². The van der Waals surface area contributed by atoms with Crippen LogP contribution < -0.4 is 0 Å². The Balaban J connectivity index is 2.61. The maximum Gasteiger partial charge on any atom is 0.371 e. The molecular formula is C10H15NO4. The van der Waals surface area contributed by atoms with Gasteiger partial charge in [-0.25, -0.2) is 4.79 Å². The molecule has 1 aromatic heterocycles. The minimum Gasteiger partial charge on any atom is -0.475 e. The first kappa shape index (κ1) is 11.7. The van der Waals surface area contributed by atoms with Crippen LogP contribution in [0.2, 0.25) is 0 Å². The van der Waals surface area contributed by atoms with Crippen LogP contribution in [0.25, 0.3) is 0 Å². The molecule has 84 valence electrons. The number of hydrogen-bond acceptors (Lipinski definition) is 4. The number of carboxylic acids is 1. The van der Waals surface area contributed by atoms with Gasteiger partial charge < -0.3 is 14.6 Å². The number of hydrogen-bond donors (Lipinski definition) is 2. The van der Waals surface area contributed by atoms with Crippen LogP contribution in [0, 0.1) is 0 Å². The van der Waals surface area contributed by atoms with Crippen molar-refractivity contribution in [3.05, 3.63) is 23.7 Å². The Morgan fingerprint density at radius 1 is 1.60 bits per heavy atom. The van der Waals surface area contributed by atoms with E-state index in [0.717, 1.165) is 0 Å². The van der Waals surface area contributed by atoms with E-state index in [4.69, 9.17) is 14.6 Å². The molecule has 1 atom stereocenters. The SMILES string of the molecule is CC(CO)N(C)Cc1ccc(C(=O)O)o1. The smallest absolute Gasteiger partial charge is 0.371 e. The maximum atomic E-state index is 10.5. The molecule has 0 bridgehead atoms. The van der Waals surface area contributed by atoms with Crippen LogP contribution in [-0.4, -0.2) is 40.8 Å². The van der Waals surface area contributed by atoms with Crippen LogP contribution in [0.5, 0.6) is 0 Å². The second-order valence-electron chi connectivity index (χ2n) is 3.52. The van der Waals surface area contributed by atoms with Gasteiger partial charge in [0.15, 0.2) is 0 Å². The van der Waals surface area contributed by atoms with Gasteiger partial charge in [0, 0.05) is 6.04 Å². The van der Waals surface area contributed by atoms with Crippen LogP contribution in [0.15, 0.2) is 16.5 Å². The normalized spacial score (nSPS) is 13.1. The zero-order valence-corrected chi connectivity index (χ0v) is 8.80. The van der Waals surface area contributed by atoms with E-state index >= 15 is 0 Å². The lowest BCUT2D eigenvalue weighted by Gasteiger charge is -2.21. The lowest BCUT2D eigenvalue weighted by Crippen LogP contribution is -2.31. The standard InChI is InChI=1S/C10H15NO4/c1-7(6-12)11(2)5-8-3-4-9(15-8)10(13)14/h3-4,7,12H,5-6H2,1-2H3,(H,13,14). The van der Waals surface area contributed by atoms with Crippen LogP contribution >= 0.6 is 0 Å². The third-order valence-electron chi connectivity index (χ3n) is 2.29. The Hall–Kier alpha value is -1.33. The first-order valence-electron chi connectivity index (χ1n) is 4.67. The van der Waals surface area contributed by atoms with E-state index in [0.29, 0.717) is 12.3 Å². The number of rotatable bonds is 5. The Labute approximate surface area is 87.9 Å². The fourth-order valence-electron chi connectivity index (χ4n) is 1.12. The van der Waals surface area contributed by atoms with Gasteiger partial charge in [-0.1, -0.05) is 0 Å². The van der Waals surface area contributed by atoms with Crippen LogP contribution in [0.3, 0.4) is 0 Å². The zero-order chi connectivity index (χ0) is 11.4. The van der Waals surface area contributed by atoms with Gasteiger partial charge in [-0.3, -0.25) is 4.90 Å². The van der Waals surface area contributed by atoms with Gasteiger partial charge >= 0.3 is 5.97 Å². The fourth-order valence-corrected chi connectivity index (χ4v) is 1.12. The molecule has 1 aromatic rings. The summed E-state index contributed by atoms with van der Waals surface area (Å²) >= 11 is 0. The molecule has 0 aromatic carbocycles. The highest BCUT2D eigenvalue weighted by Crippen LogP contribution is 2.11. The van der Waals surface area contributed by atoms with Gasteiger partial charge in [0.2, 0.25) is 5.76 Å². The highest BCUT2D eigenvalue weighted by atomic mass is 16.4. The van der Waals surface area contributed by atoms with E-state index in [1.54, 1.807) is 6.07 Å². The molecular weight excluding hydrogens is 198 g/mol. The summed E-state index contributed by atoms with van der Waals surface area (Å²) in [6.45, 7) is 2.42.